The summed E-state index contributed by atoms with van der Waals surface area (Å²) >= 11 is 6.48. The largest absolute Gasteiger partial charge is 0.494 e. The van der Waals surface area contributed by atoms with Crippen LogP contribution in [0.4, 0.5) is 28.8 Å². The number of nitrogens with zero attached hydrogens (tertiary/aromatic N) is 6. The fourth-order valence-electron chi connectivity index (χ4n) is 8.53. The maximum Gasteiger partial charge on any atom is 0.362 e. The van der Waals surface area contributed by atoms with Gasteiger partial charge >= 0.3 is 7.60 Å². The zero-order chi connectivity index (χ0) is 44.3. The lowest BCUT2D eigenvalue weighted by molar-refractivity contribution is -0.137. The van der Waals surface area contributed by atoms with E-state index in [0.29, 0.717) is 59.3 Å². The van der Waals surface area contributed by atoms with Crippen LogP contribution in [0.5, 0.6) is 11.5 Å². The van der Waals surface area contributed by atoms with E-state index in [4.69, 9.17) is 30.1 Å². The topological polar surface area (TPSA) is 197 Å². The van der Waals surface area contributed by atoms with Crippen LogP contribution in [0.1, 0.15) is 41.6 Å². The Hall–Kier alpha value is -5.78. The van der Waals surface area contributed by atoms with Crippen molar-refractivity contribution in [3.8, 4) is 11.5 Å². The van der Waals surface area contributed by atoms with E-state index in [1.165, 1.54) is 25.3 Å². The summed E-state index contributed by atoms with van der Waals surface area (Å²) in [5.41, 5.74) is 3.36. The van der Waals surface area contributed by atoms with E-state index < -0.39 is 19.5 Å². The first-order valence-electron chi connectivity index (χ1n) is 20.7. The Labute approximate surface area is 369 Å². The molecular weight excluding hydrogens is 853 g/mol. The minimum absolute atomic E-state index is 0.0958. The molecule has 332 valence electrons. The molecule has 0 saturated carbocycles. The molecule has 18 nitrogen and oxygen atoms in total. The number of fused-ring (bicyclic) bond motifs is 1. The molecule has 4 amide bonds. The van der Waals surface area contributed by atoms with Crippen molar-refractivity contribution in [1.82, 2.24) is 30.0 Å². The van der Waals surface area contributed by atoms with Gasteiger partial charge in [0.1, 0.15) is 22.6 Å². The van der Waals surface area contributed by atoms with Crippen LogP contribution in [0.15, 0.2) is 66.9 Å². The summed E-state index contributed by atoms with van der Waals surface area (Å²) in [6.07, 6.45) is 3.90. The SMILES string of the molecule is COc1cc(N2CCC(N3CCN(C(=O)COc4ccc5c(c4)CN(C4CCC(=O)NC4=O)C5=O)CC3)CC2)ccc1Nc1ncc(Cl)c(Nc2ccccc2P(=O)(OC)OC)n1. The predicted molar refractivity (Wildman–Crippen MR) is 236 cm³/mol. The summed E-state index contributed by atoms with van der Waals surface area (Å²) in [7, 11) is 0.682. The molecule has 3 aromatic carbocycles. The lowest BCUT2D eigenvalue weighted by atomic mass is 10.0. The monoisotopic (exact) mass is 901 g/mol. The van der Waals surface area contributed by atoms with E-state index in [1.54, 1.807) is 49.6 Å². The van der Waals surface area contributed by atoms with Crippen LogP contribution in [-0.2, 0) is 34.5 Å². The van der Waals surface area contributed by atoms with Crippen molar-refractivity contribution < 1.29 is 42.3 Å². The third-order valence-electron chi connectivity index (χ3n) is 12.0. The molecule has 20 heteroatoms. The van der Waals surface area contributed by atoms with Crippen LogP contribution < -0.4 is 35.6 Å². The molecule has 1 atom stereocenters. The van der Waals surface area contributed by atoms with E-state index in [0.717, 1.165) is 50.3 Å². The zero-order valence-electron chi connectivity index (χ0n) is 35.2. The van der Waals surface area contributed by atoms with Crippen LogP contribution in [0.3, 0.4) is 0 Å². The lowest BCUT2D eigenvalue weighted by Crippen LogP contribution is -2.55. The van der Waals surface area contributed by atoms with Gasteiger partial charge in [0, 0.05) is 89.8 Å². The number of carbonyl (C=O) groups excluding carboxylic acids is 4. The number of aromatic nitrogens is 2. The van der Waals surface area contributed by atoms with Gasteiger partial charge in [0.15, 0.2) is 12.4 Å². The highest BCUT2D eigenvalue weighted by Gasteiger charge is 2.39. The second-order valence-electron chi connectivity index (χ2n) is 15.5. The summed E-state index contributed by atoms with van der Waals surface area (Å²) in [6, 6.07) is 17.6. The van der Waals surface area contributed by atoms with Gasteiger partial charge in [0.2, 0.25) is 17.8 Å². The summed E-state index contributed by atoms with van der Waals surface area (Å²) in [5, 5.41) is 9.27. The number of nitrogens with one attached hydrogen (secondary N) is 3. The molecule has 63 heavy (non-hydrogen) atoms. The maximum atomic E-state index is 13.2. The second-order valence-corrected chi connectivity index (χ2v) is 18.2. The van der Waals surface area contributed by atoms with Crippen LogP contribution in [-0.4, -0.2) is 128 Å². The number of benzene rings is 3. The molecule has 4 aliphatic heterocycles. The molecule has 5 heterocycles. The van der Waals surface area contributed by atoms with Crippen molar-refractivity contribution in [3.05, 3.63) is 83.0 Å². The highest BCUT2D eigenvalue weighted by Crippen LogP contribution is 2.47. The average molecular weight is 902 g/mol. The minimum Gasteiger partial charge on any atom is -0.494 e. The standard InChI is InChI=1S/C43H49ClN9O9P/c1-59-36-23-29(8-11-33(36)47-43-45-24-32(44)40(49-43)46-34-6-4-5-7-37(34)63(58,60-2)61-3)50-16-14-28(15-17-50)51-18-20-52(21-19-51)39(55)26-62-30-9-10-31-27(22-30)25-53(42(31)57)35-12-13-38(54)48-41(35)56/h4-11,22-24,28,35H,12-21,25-26H2,1-3H3,(H,48,54,56)(H2,45,46,47,49). The zero-order valence-corrected chi connectivity index (χ0v) is 36.8. The number of hydrogen-bond acceptors (Lipinski definition) is 15. The Bertz CT molecular complexity index is 2440. The van der Waals surface area contributed by atoms with E-state index in [2.05, 4.69) is 35.7 Å². The van der Waals surface area contributed by atoms with Crippen LogP contribution in [0.25, 0.3) is 0 Å². The first-order valence-corrected chi connectivity index (χ1v) is 22.6. The van der Waals surface area contributed by atoms with Gasteiger partial charge in [0.25, 0.3) is 11.8 Å². The van der Waals surface area contributed by atoms with Crippen molar-refractivity contribution in [3.63, 3.8) is 0 Å². The lowest BCUT2D eigenvalue weighted by Gasteiger charge is -2.43. The van der Waals surface area contributed by atoms with Gasteiger partial charge in [0.05, 0.1) is 30.0 Å². The molecule has 0 aliphatic carbocycles. The highest BCUT2D eigenvalue weighted by molar-refractivity contribution is 7.62. The van der Waals surface area contributed by atoms with Crippen molar-refractivity contribution in [2.75, 3.05) is 82.7 Å². The normalized spacial score (nSPS) is 18.6. The molecule has 4 aromatic rings. The van der Waals surface area contributed by atoms with Crippen molar-refractivity contribution >= 4 is 77.0 Å². The number of piperidine rings is 2. The first-order chi connectivity index (χ1) is 30.5. The third-order valence-corrected chi connectivity index (χ3v) is 14.2. The number of hydrogen-bond donors (Lipinski definition) is 3. The van der Waals surface area contributed by atoms with Gasteiger partial charge in [-0.25, -0.2) is 4.98 Å². The number of imide groups is 1. The van der Waals surface area contributed by atoms with E-state index in [9.17, 15) is 23.7 Å². The van der Waals surface area contributed by atoms with Gasteiger partial charge in [-0.1, -0.05) is 23.7 Å². The summed E-state index contributed by atoms with van der Waals surface area (Å²) in [6.45, 7) is 4.62. The number of para-hydroxylation sites is 1. The molecule has 1 aromatic heterocycles. The van der Waals surface area contributed by atoms with Gasteiger partial charge in [-0.15, -0.1) is 0 Å². The maximum absolute atomic E-state index is 13.2. The predicted octanol–water partition coefficient (Wildman–Crippen LogP) is 4.69. The summed E-state index contributed by atoms with van der Waals surface area (Å²) < 4.78 is 35.3. The summed E-state index contributed by atoms with van der Waals surface area (Å²) in [5.74, 6) is 0.511. The van der Waals surface area contributed by atoms with Gasteiger partial charge in [-0.2, -0.15) is 4.98 Å². The van der Waals surface area contributed by atoms with E-state index in [1.807, 2.05) is 23.1 Å². The number of ether oxygens (including phenoxy) is 2. The fourth-order valence-corrected chi connectivity index (χ4v) is 9.91. The van der Waals surface area contributed by atoms with Crippen LogP contribution in [0.2, 0.25) is 5.02 Å². The highest BCUT2D eigenvalue weighted by atomic mass is 35.5. The van der Waals surface area contributed by atoms with Gasteiger partial charge < -0.3 is 43.9 Å². The van der Waals surface area contributed by atoms with E-state index >= 15 is 0 Å². The Morgan fingerprint density at radius 3 is 2.40 bits per heavy atom. The van der Waals surface area contributed by atoms with Crippen molar-refractivity contribution in [1.29, 1.82) is 0 Å². The molecule has 1 unspecified atom stereocenters. The van der Waals surface area contributed by atoms with Crippen LogP contribution >= 0.6 is 19.2 Å². The van der Waals surface area contributed by atoms with Gasteiger partial charge in [-0.3, -0.25) is 34.0 Å². The molecular formula is C43H49ClN9O9P. The average Bonchev–Trinajstić information content (AvgIpc) is 3.63. The smallest absolute Gasteiger partial charge is 0.362 e. The molecule has 8 rings (SSSR count). The quantitative estimate of drug-likeness (QED) is 0.116. The molecule has 3 N–H and O–H groups in total. The number of amides is 4. The second kappa shape index (κ2) is 18.9. The molecule has 3 saturated heterocycles. The first kappa shape index (κ1) is 43.9. The fraction of sp³-hybridized carbons (Fsp3) is 0.395. The number of carbonyl (C=O) groups is 4. The van der Waals surface area contributed by atoms with E-state index in [-0.39, 0.29) is 54.1 Å². The minimum atomic E-state index is -3.58. The Morgan fingerprint density at radius 1 is 0.905 bits per heavy atom. The molecule has 0 radical (unpaired) electrons. The summed E-state index contributed by atoms with van der Waals surface area (Å²) in [4.78, 5) is 67.3. The van der Waals surface area contributed by atoms with Gasteiger partial charge in [-0.05, 0) is 67.3 Å². The number of piperazine rings is 1. The molecule has 0 bridgehead atoms. The molecule has 3 fully saturated rings. The Morgan fingerprint density at radius 2 is 1.67 bits per heavy atom. The molecule has 0 spiro atoms. The number of methoxy groups -OCH3 is 1. The molecule has 4 aliphatic rings. The third kappa shape index (κ3) is 9.45. The van der Waals surface area contributed by atoms with Crippen molar-refractivity contribution in [2.24, 2.45) is 0 Å². The Kier molecular flexibility index (Phi) is 13.2. The van der Waals surface area contributed by atoms with Crippen molar-refractivity contribution in [2.45, 2.75) is 44.3 Å². The number of halogens is 1. The Balaban J connectivity index is 0.804. The number of rotatable bonds is 14. The van der Waals surface area contributed by atoms with Crippen LogP contribution in [0, 0.1) is 0 Å². The number of anilines is 5.